The van der Waals surface area contributed by atoms with E-state index in [2.05, 4.69) is 16.0 Å². The molecule has 164 valence electrons. The average Bonchev–Trinajstić information content (AvgIpc) is 2.78. The zero-order valence-corrected chi connectivity index (χ0v) is 18.7. The number of anilines is 2. The first-order chi connectivity index (χ1) is 15.4. The molecule has 6 nitrogen and oxygen atoms in total. The molecule has 0 unspecified atom stereocenters. The molecule has 0 fully saturated rings. The number of para-hydroxylation sites is 3. The van der Waals surface area contributed by atoms with E-state index in [0.29, 0.717) is 40.8 Å². The summed E-state index contributed by atoms with van der Waals surface area (Å²) in [7, 11) is 0. The second kappa shape index (κ2) is 11.1. The fourth-order valence-electron chi connectivity index (χ4n) is 2.87. The Morgan fingerprint density at radius 1 is 0.812 bits per heavy atom. The number of hydrogen-bond donors (Lipinski definition) is 3. The van der Waals surface area contributed by atoms with Crippen LogP contribution in [0, 0.1) is 5.92 Å². The number of amides is 2. The molecule has 0 saturated heterocycles. The molecule has 0 spiro atoms. The van der Waals surface area contributed by atoms with Crippen LogP contribution in [0.5, 0.6) is 5.75 Å². The topological polar surface area (TPSA) is 79.5 Å². The van der Waals surface area contributed by atoms with E-state index in [-0.39, 0.29) is 11.0 Å². The van der Waals surface area contributed by atoms with Crippen LogP contribution in [0.1, 0.15) is 34.6 Å². The van der Waals surface area contributed by atoms with Gasteiger partial charge in [0.15, 0.2) is 5.11 Å². The highest BCUT2D eigenvalue weighted by molar-refractivity contribution is 7.80. The molecule has 0 heterocycles. The molecule has 7 heteroatoms. The molecule has 0 radical (unpaired) electrons. The van der Waals surface area contributed by atoms with Crippen LogP contribution >= 0.6 is 12.2 Å². The van der Waals surface area contributed by atoms with Crippen LogP contribution in [0.25, 0.3) is 0 Å². The average molecular weight is 448 g/mol. The molecule has 0 aliphatic heterocycles. The predicted molar refractivity (Wildman–Crippen MR) is 131 cm³/mol. The summed E-state index contributed by atoms with van der Waals surface area (Å²) in [5.41, 5.74) is 1.94. The molecule has 0 saturated carbocycles. The molecular formula is C25H25N3O3S. The molecule has 0 aliphatic carbocycles. The van der Waals surface area contributed by atoms with E-state index in [1.165, 1.54) is 0 Å². The summed E-state index contributed by atoms with van der Waals surface area (Å²) in [6.07, 6.45) is 0. The zero-order chi connectivity index (χ0) is 22.9. The smallest absolute Gasteiger partial charge is 0.261 e. The standard InChI is InChI=1S/C25H25N3O3S/c1-17(2)16-31-22-15-9-7-13-20(22)24(30)28-25(32)27-21-14-8-6-12-19(21)23(29)26-18-10-4-3-5-11-18/h3-15,17H,16H2,1-2H3,(H,26,29)(H2,27,28,30,32). The third-order valence-corrected chi connectivity index (χ3v) is 4.59. The largest absolute Gasteiger partial charge is 0.492 e. The molecule has 3 aromatic carbocycles. The fourth-order valence-corrected chi connectivity index (χ4v) is 3.07. The molecule has 0 bridgehead atoms. The monoisotopic (exact) mass is 447 g/mol. The quantitative estimate of drug-likeness (QED) is 0.439. The van der Waals surface area contributed by atoms with Gasteiger partial charge in [-0.15, -0.1) is 0 Å². The minimum atomic E-state index is -0.395. The van der Waals surface area contributed by atoms with E-state index in [1.54, 1.807) is 54.6 Å². The van der Waals surface area contributed by atoms with Crippen LogP contribution in [-0.4, -0.2) is 23.5 Å². The summed E-state index contributed by atoms with van der Waals surface area (Å²) < 4.78 is 5.75. The van der Waals surface area contributed by atoms with Crippen molar-refractivity contribution in [2.24, 2.45) is 5.92 Å². The molecular weight excluding hydrogens is 422 g/mol. The van der Waals surface area contributed by atoms with Crippen molar-refractivity contribution >= 4 is 40.5 Å². The highest BCUT2D eigenvalue weighted by atomic mass is 32.1. The van der Waals surface area contributed by atoms with Crippen molar-refractivity contribution in [2.75, 3.05) is 17.2 Å². The molecule has 0 aliphatic rings. The van der Waals surface area contributed by atoms with Crippen molar-refractivity contribution < 1.29 is 14.3 Å². The Labute approximate surface area is 193 Å². The van der Waals surface area contributed by atoms with Gasteiger partial charge in [0.2, 0.25) is 0 Å². The summed E-state index contributed by atoms with van der Waals surface area (Å²) in [6, 6.07) is 23.1. The minimum Gasteiger partial charge on any atom is -0.492 e. The number of benzene rings is 3. The van der Waals surface area contributed by atoms with Crippen LogP contribution in [0.3, 0.4) is 0 Å². The van der Waals surface area contributed by atoms with Gasteiger partial charge in [-0.25, -0.2) is 0 Å². The maximum Gasteiger partial charge on any atom is 0.261 e. The van der Waals surface area contributed by atoms with Gasteiger partial charge in [-0.2, -0.15) is 0 Å². The number of carbonyl (C=O) groups is 2. The Balaban J connectivity index is 1.68. The van der Waals surface area contributed by atoms with Crippen LogP contribution in [0.15, 0.2) is 78.9 Å². The lowest BCUT2D eigenvalue weighted by molar-refractivity contribution is 0.0972. The predicted octanol–water partition coefficient (Wildman–Crippen LogP) is 5.10. The van der Waals surface area contributed by atoms with Gasteiger partial charge < -0.3 is 15.4 Å². The number of carbonyl (C=O) groups excluding carboxylic acids is 2. The van der Waals surface area contributed by atoms with E-state index >= 15 is 0 Å². The highest BCUT2D eigenvalue weighted by Gasteiger charge is 2.16. The van der Waals surface area contributed by atoms with Gasteiger partial charge in [0.25, 0.3) is 11.8 Å². The second-order valence-corrected chi connectivity index (χ2v) is 7.88. The van der Waals surface area contributed by atoms with E-state index in [9.17, 15) is 9.59 Å². The zero-order valence-electron chi connectivity index (χ0n) is 17.9. The third-order valence-electron chi connectivity index (χ3n) is 4.38. The molecule has 0 atom stereocenters. The van der Waals surface area contributed by atoms with Crippen molar-refractivity contribution in [2.45, 2.75) is 13.8 Å². The van der Waals surface area contributed by atoms with Crippen molar-refractivity contribution in [1.29, 1.82) is 0 Å². The first-order valence-electron chi connectivity index (χ1n) is 10.2. The van der Waals surface area contributed by atoms with Crippen molar-refractivity contribution in [3.63, 3.8) is 0 Å². The molecule has 3 rings (SSSR count). The number of ether oxygens (including phenoxy) is 1. The first-order valence-corrected chi connectivity index (χ1v) is 10.6. The van der Waals surface area contributed by atoms with E-state index in [1.807, 2.05) is 38.1 Å². The van der Waals surface area contributed by atoms with Crippen molar-refractivity contribution in [3.8, 4) is 5.75 Å². The lowest BCUT2D eigenvalue weighted by atomic mass is 10.1. The summed E-state index contributed by atoms with van der Waals surface area (Å²) in [5, 5.41) is 8.52. The molecule has 2 amide bonds. The van der Waals surface area contributed by atoms with Gasteiger partial charge in [0.1, 0.15) is 5.75 Å². The first kappa shape index (κ1) is 23.0. The Bertz CT molecular complexity index is 1100. The van der Waals surface area contributed by atoms with Gasteiger partial charge in [0.05, 0.1) is 23.4 Å². The Morgan fingerprint density at radius 2 is 1.44 bits per heavy atom. The summed E-state index contributed by atoms with van der Waals surface area (Å²) in [5.74, 6) is 0.130. The van der Waals surface area contributed by atoms with Crippen LogP contribution in [-0.2, 0) is 0 Å². The molecule has 3 aromatic rings. The minimum absolute atomic E-state index is 0.0774. The summed E-state index contributed by atoms with van der Waals surface area (Å²) >= 11 is 5.32. The van der Waals surface area contributed by atoms with E-state index < -0.39 is 5.91 Å². The van der Waals surface area contributed by atoms with Crippen molar-refractivity contribution in [3.05, 3.63) is 90.0 Å². The van der Waals surface area contributed by atoms with Gasteiger partial charge in [0, 0.05) is 5.69 Å². The fraction of sp³-hybridized carbons (Fsp3) is 0.160. The van der Waals surface area contributed by atoms with Gasteiger partial charge >= 0.3 is 0 Å². The molecule has 0 aromatic heterocycles. The lowest BCUT2D eigenvalue weighted by Gasteiger charge is -2.15. The van der Waals surface area contributed by atoms with Crippen LogP contribution in [0.2, 0.25) is 0 Å². The number of hydrogen-bond acceptors (Lipinski definition) is 4. The molecule has 3 N–H and O–H groups in total. The highest BCUT2D eigenvalue weighted by Crippen LogP contribution is 2.20. The maximum atomic E-state index is 12.8. The molecule has 32 heavy (non-hydrogen) atoms. The maximum absolute atomic E-state index is 12.8. The lowest BCUT2D eigenvalue weighted by Crippen LogP contribution is -2.35. The normalized spacial score (nSPS) is 10.3. The van der Waals surface area contributed by atoms with Crippen molar-refractivity contribution in [1.82, 2.24) is 5.32 Å². The Kier molecular flexibility index (Phi) is 7.94. The van der Waals surface area contributed by atoms with E-state index in [4.69, 9.17) is 17.0 Å². The van der Waals surface area contributed by atoms with Crippen LogP contribution < -0.4 is 20.7 Å². The Morgan fingerprint density at radius 3 is 2.16 bits per heavy atom. The number of thiocarbonyl (C=S) groups is 1. The van der Waals surface area contributed by atoms with E-state index in [0.717, 1.165) is 0 Å². The number of rotatable bonds is 7. The van der Waals surface area contributed by atoms with Gasteiger partial charge in [-0.1, -0.05) is 56.3 Å². The van der Waals surface area contributed by atoms with Crippen LogP contribution in [0.4, 0.5) is 11.4 Å². The second-order valence-electron chi connectivity index (χ2n) is 7.47. The Hall–Kier alpha value is -3.71. The third kappa shape index (κ3) is 6.39. The summed E-state index contributed by atoms with van der Waals surface area (Å²) in [4.78, 5) is 25.5. The van der Waals surface area contributed by atoms with Gasteiger partial charge in [-0.05, 0) is 54.5 Å². The summed E-state index contributed by atoms with van der Waals surface area (Å²) in [6.45, 7) is 4.57. The van der Waals surface area contributed by atoms with Gasteiger partial charge in [-0.3, -0.25) is 14.9 Å². The SMILES string of the molecule is CC(C)COc1ccccc1C(=O)NC(=S)Nc1ccccc1C(=O)Nc1ccccc1. The number of nitrogens with one attached hydrogen (secondary N) is 3.